The number of aryl methyl sites for hydroxylation is 1. The minimum absolute atomic E-state index is 0.127. The van der Waals surface area contributed by atoms with E-state index in [0.717, 1.165) is 25.4 Å². The first-order chi connectivity index (χ1) is 14.1. The Hall–Kier alpha value is -3.19. The Bertz CT molecular complexity index is 1100. The van der Waals surface area contributed by atoms with Gasteiger partial charge in [0.05, 0.1) is 12.5 Å². The van der Waals surface area contributed by atoms with Gasteiger partial charge in [-0.05, 0) is 23.8 Å². The number of hydrogen-bond donors (Lipinski definition) is 0. The van der Waals surface area contributed by atoms with Crippen LogP contribution in [0.1, 0.15) is 16.1 Å². The van der Waals surface area contributed by atoms with Crippen molar-refractivity contribution in [3.63, 3.8) is 0 Å². The first-order valence-electron chi connectivity index (χ1n) is 9.67. The molecular formula is C22H24N4O3. The molecule has 0 bridgehead atoms. The summed E-state index contributed by atoms with van der Waals surface area (Å²) in [6, 6.07) is 15.2. The molecule has 1 aliphatic heterocycles. The molecule has 7 nitrogen and oxygen atoms in total. The third-order valence-corrected chi connectivity index (χ3v) is 5.36. The molecule has 0 spiro atoms. The highest BCUT2D eigenvalue weighted by atomic mass is 16.5. The zero-order valence-electron chi connectivity index (χ0n) is 16.7. The average Bonchev–Trinajstić information content (AvgIpc) is 2.76. The highest BCUT2D eigenvalue weighted by molar-refractivity contribution is 6.04. The Morgan fingerprint density at radius 2 is 1.76 bits per heavy atom. The Balaban J connectivity index is 1.48. The third-order valence-electron chi connectivity index (χ3n) is 5.36. The molecule has 150 valence electrons. The first kappa shape index (κ1) is 19.1. The molecule has 0 radical (unpaired) electrons. The fraction of sp³-hybridized carbons (Fsp3) is 0.318. The van der Waals surface area contributed by atoms with E-state index in [0.29, 0.717) is 29.6 Å². The highest BCUT2D eigenvalue weighted by Crippen LogP contribution is 2.18. The summed E-state index contributed by atoms with van der Waals surface area (Å²) in [5.41, 5.74) is 1.33. The Kier molecular flexibility index (Phi) is 5.31. The summed E-state index contributed by atoms with van der Waals surface area (Å²) in [5.74, 6) is 0.724. The molecule has 1 amide bonds. The fourth-order valence-corrected chi connectivity index (χ4v) is 3.75. The van der Waals surface area contributed by atoms with Gasteiger partial charge in [-0.3, -0.25) is 14.5 Å². The van der Waals surface area contributed by atoms with E-state index in [1.165, 1.54) is 10.2 Å². The van der Waals surface area contributed by atoms with Crippen molar-refractivity contribution in [3.8, 4) is 5.75 Å². The van der Waals surface area contributed by atoms with Crippen LogP contribution in [0.15, 0.2) is 53.3 Å². The Labute approximate surface area is 169 Å². The second kappa shape index (κ2) is 8.05. The number of nitrogens with zero attached hydrogens (tertiary/aromatic N) is 4. The predicted octanol–water partition coefficient (Wildman–Crippen LogP) is 1.90. The summed E-state index contributed by atoms with van der Waals surface area (Å²) in [6.07, 6.45) is 0. The standard InChI is InChI=1S/C22H24N4O3/c1-24-21(27)19-9-4-3-8-18(19)20(23-24)22(28)26-12-10-25(11-13-26)15-16-6-5-7-17(14-16)29-2/h3-9,14H,10-13,15H2,1-2H3. The van der Waals surface area contributed by atoms with Crippen LogP contribution < -0.4 is 10.3 Å². The van der Waals surface area contributed by atoms with Gasteiger partial charge in [-0.15, -0.1) is 0 Å². The number of fused-ring (bicyclic) bond motifs is 1. The number of carbonyl (C=O) groups is 1. The second-order valence-electron chi connectivity index (χ2n) is 7.24. The van der Waals surface area contributed by atoms with E-state index in [4.69, 9.17) is 4.74 Å². The van der Waals surface area contributed by atoms with Gasteiger partial charge in [0.2, 0.25) is 0 Å². The fourth-order valence-electron chi connectivity index (χ4n) is 3.75. The zero-order valence-corrected chi connectivity index (χ0v) is 16.7. The van der Waals surface area contributed by atoms with E-state index in [2.05, 4.69) is 16.1 Å². The van der Waals surface area contributed by atoms with E-state index in [-0.39, 0.29) is 11.5 Å². The molecule has 1 fully saturated rings. The van der Waals surface area contributed by atoms with Gasteiger partial charge in [0.25, 0.3) is 11.5 Å². The molecule has 0 aliphatic carbocycles. The number of benzene rings is 2. The normalized spacial score (nSPS) is 14.9. The maximum Gasteiger partial charge on any atom is 0.275 e. The lowest BCUT2D eigenvalue weighted by atomic mass is 10.1. The number of ether oxygens (including phenoxy) is 1. The molecule has 3 aromatic rings. The molecule has 29 heavy (non-hydrogen) atoms. The summed E-state index contributed by atoms with van der Waals surface area (Å²) >= 11 is 0. The predicted molar refractivity (Wildman–Crippen MR) is 111 cm³/mol. The van der Waals surface area contributed by atoms with E-state index in [1.807, 2.05) is 29.2 Å². The number of methoxy groups -OCH3 is 1. The van der Waals surface area contributed by atoms with Gasteiger partial charge in [0, 0.05) is 45.2 Å². The summed E-state index contributed by atoms with van der Waals surface area (Å²) in [4.78, 5) is 29.6. The smallest absolute Gasteiger partial charge is 0.275 e. The number of amides is 1. The SMILES string of the molecule is COc1cccc(CN2CCN(C(=O)c3nn(C)c(=O)c4ccccc34)CC2)c1. The highest BCUT2D eigenvalue weighted by Gasteiger charge is 2.25. The maximum absolute atomic E-state index is 13.1. The van der Waals surface area contributed by atoms with E-state index in [1.54, 1.807) is 32.4 Å². The van der Waals surface area contributed by atoms with E-state index in [9.17, 15) is 9.59 Å². The van der Waals surface area contributed by atoms with E-state index < -0.39 is 0 Å². The van der Waals surface area contributed by atoms with Crippen LogP contribution in [0.4, 0.5) is 0 Å². The molecule has 0 unspecified atom stereocenters. The number of aromatic nitrogens is 2. The lowest BCUT2D eigenvalue weighted by Crippen LogP contribution is -2.48. The number of rotatable bonds is 4. The molecule has 1 aliphatic rings. The molecule has 1 saturated heterocycles. The van der Waals surface area contributed by atoms with Crippen molar-refractivity contribution in [2.45, 2.75) is 6.54 Å². The van der Waals surface area contributed by atoms with Crippen LogP contribution in [0, 0.1) is 0 Å². The van der Waals surface area contributed by atoms with Crippen molar-refractivity contribution >= 4 is 16.7 Å². The van der Waals surface area contributed by atoms with Crippen LogP contribution in [0.3, 0.4) is 0 Å². The van der Waals surface area contributed by atoms with Gasteiger partial charge < -0.3 is 9.64 Å². The largest absolute Gasteiger partial charge is 0.497 e. The van der Waals surface area contributed by atoms with Crippen molar-refractivity contribution in [3.05, 3.63) is 70.1 Å². The Morgan fingerprint density at radius 3 is 2.48 bits per heavy atom. The summed E-state index contributed by atoms with van der Waals surface area (Å²) in [7, 11) is 3.25. The summed E-state index contributed by atoms with van der Waals surface area (Å²) in [6.45, 7) is 3.64. The van der Waals surface area contributed by atoms with Crippen molar-refractivity contribution in [2.75, 3.05) is 33.3 Å². The minimum atomic E-state index is -0.194. The molecule has 0 saturated carbocycles. The minimum Gasteiger partial charge on any atom is -0.497 e. The molecule has 2 aromatic carbocycles. The van der Waals surface area contributed by atoms with Gasteiger partial charge >= 0.3 is 0 Å². The third kappa shape index (κ3) is 3.86. The molecule has 2 heterocycles. The monoisotopic (exact) mass is 392 g/mol. The second-order valence-corrected chi connectivity index (χ2v) is 7.24. The van der Waals surface area contributed by atoms with Gasteiger partial charge in [0.1, 0.15) is 5.75 Å². The molecule has 0 N–H and O–H groups in total. The molecular weight excluding hydrogens is 368 g/mol. The van der Waals surface area contributed by atoms with E-state index >= 15 is 0 Å². The molecule has 7 heteroatoms. The average molecular weight is 392 g/mol. The number of carbonyl (C=O) groups excluding carboxylic acids is 1. The molecule has 1 aromatic heterocycles. The zero-order chi connectivity index (χ0) is 20.4. The lowest BCUT2D eigenvalue weighted by molar-refractivity contribution is 0.0622. The van der Waals surface area contributed by atoms with Crippen LogP contribution >= 0.6 is 0 Å². The lowest BCUT2D eigenvalue weighted by Gasteiger charge is -2.34. The quantitative estimate of drug-likeness (QED) is 0.678. The maximum atomic E-state index is 13.1. The molecule has 0 atom stereocenters. The molecule has 4 rings (SSSR count). The summed E-state index contributed by atoms with van der Waals surface area (Å²) < 4.78 is 6.54. The van der Waals surface area contributed by atoms with Crippen molar-refractivity contribution in [1.29, 1.82) is 0 Å². The van der Waals surface area contributed by atoms with Gasteiger partial charge in [-0.25, -0.2) is 4.68 Å². The van der Waals surface area contributed by atoms with Crippen LogP contribution in [-0.2, 0) is 13.6 Å². The Morgan fingerprint density at radius 1 is 1.03 bits per heavy atom. The van der Waals surface area contributed by atoms with Gasteiger partial charge in [-0.1, -0.05) is 30.3 Å². The number of piperazine rings is 1. The number of hydrogen-bond acceptors (Lipinski definition) is 5. The van der Waals surface area contributed by atoms with Gasteiger partial charge in [0.15, 0.2) is 5.69 Å². The van der Waals surface area contributed by atoms with Crippen molar-refractivity contribution < 1.29 is 9.53 Å². The van der Waals surface area contributed by atoms with Crippen molar-refractivity contribution in [2.24, 2.45) is 7.05 Å². The van der Waals surface area contributed by atoms with Crippen molar-refractivity contribution in [1.82, 2.24) is 19.6 Å². The van der Waals surface area contributed by atoms with Crippen LogP contribution in [-0.4, -0.2) is 58.8 Å². The van der Waals surface area contributed by atoms with Crippen LogP contribution in [0.2, 0.25) is 0 Å². The van der Waals surface area contributed by atoms with Crippen LogP contribution in [0.25, 0.3) is 10.8 Å². The van der Waals surface area contributed by atoms with Crippen LogP contribution in [0.5, 0.6) is 5.75 Å². The van der Waals surface area contributed by atoms with Gasteiger partial charge in [-0.2, -0.15) is 5.10 Å². The topological polar surface area (TPSA) is 67.7 Å². The summed E-state index contributed by atoms with van der Waals surface area (Å²) in [5, 5.41) is 5.40. The first-order valence-corrected chi connectivity index (χ1v) is 9.67.